The quantitative estimate of drug-likeness (QED) is 0.632. The van der Waals surface area contributed by atoms with Gasteiger partial charge < -0.3 is 4.42 Å². The van der Waals surface area contributed by atoms with Gasteiger partial charge in [-0.1, -0.05) is 0 Å². The Balaban J connectivity index is 2.23. The average Bonchev–Trinajstić information content (AvgIpc) is 2.88. The molecule has 0 radical (unpaired) electrons. The number of benzene rings is 1. The second-order valence-electron chi connectivity index (χ2n) is 3.01. The van der Waals surface area contributed by atoms with Crippen LogP contribution >= 0.6 is 0 Å². The maximum absolute atomic E-state index is 5.15. The Morgan fingerprint density at radius 2 is 2.21 bits per heavy atom. The fourth-order valence-electron chi connectivity index (χ4n) is 1.44. The molecule has 0 fully saturated rings. The van der Waals surface area contributed by atoms with E-state index in [4.69, 9.17) is 4.42 Å². The molecule has 3 aromatic rings. The van der Waals surface area contributed by atoms with E-state index in [1.54, 1.807) is 6.20 Å². The number of oxazole rings is 1. The Hall–Kier alpha value is -2.10. The van der Waals surface area contributed by atoms with Gasteiger partial charge in [0.2, 0.25) is 0 Å². The fraction of sp³-hybridized carbons (Fsp3) is 0. The minimum Gasteiger partial charge on any atom is -0.443 e. The topological polar surface area (TPSA) is 54.7 Å². The summed E-state index contributed by atoms with van der Waals surface area (Å²) in [5, 5.41) is 6.80. The summed E-state index contributed by atoms with van der Waals surface area (Å²) in [6, 6.07) is 7.76. The van der Waals surface area contributed by atoms with Crippen molar-refractivity contribution in [2.75, 3.05) is 0 Å². The third kappa shape index (κ3) is 1.01. The normalized spacial score (nSPS) is 10.9. The van der Waals surface area contributed by atoms with Gasteiger partial charge in [-0.15, -0.1) is 0 Å². The highest BCUT2D eigenvalue weighted by Gasteiger charge is 2.02. The molecule has 0 aliphatic rings. The minimum absolute atomic E-state index is 0.799. The molecule has 2 heterocycles. The van der Waals surface area contributed by atoms with E-state index in [9.17, 15) is 0 Å². The smallest absolute Gasteiger partial charge is 0.181 e. The number of H-pyrrole nitrogens is 1. The third-order valence-corrected chi connectivity index (χ3v) is 2.14. The second kappa shape index (κ2) is 2.70. The summed E-state index contributed by atoms with van der Waals surface area (Å²) in [5.41, 5.74) is 3.70. The average molecular weight is 185 g/mol. The van der Waals surface area contributed by atoms with E-state index in [1.807, 2.05) is 24.3 Å². The third-order valence-electron chi connectivity index (χ3n) is 2.14. The monoisotopic (exact) mass is 185 g/mol. The second-order valence-corrected chi connectivity index (χ2v) is 3.01. The standard InChI is InChI=1S/C10H7N3O/c1-2-10-9(11-6-14-10)5-7(1)8-3-4-12-13-8/h1-6H,(H,12,13). The number of nitrogens with zero attached hydrogens (tertiary/aromatic N) is 2. The maximum atomic E-state index is 5.15. The van der Waals surface area contributed by atoms with Crippen molar-refractivity contribution in [2.24, 2.45) is 0 Å². The van der Waals surface area contributed by atoms with Gasteiger partial charge in [-0.25, -0.2) is 4.98 Å². The fourth-order valence-corrected chi connectivity index (χ4v) is 1.44. The van der Waals surface area contributed by atoms with E-state index >= 15 is 0 Å². The zero-order valence-corrected chi connectivity index (χ0v) is 7.27. The lowest BCUT2D eigenvalue weighted by molar-refractivity contribution is 0.602. The number of rotatable bonds is 1. The summed E-state index contributed by atoms with van der Waals surface area (Å²) in [6.45, 7) is 0. The molecule has 68 valence electrons. The molecule has 0 aliphatic carbocycles. The molecule has 2 aromatic heterocycles. The predicted molar refractivity (Wildman–Crippen MR) is 51.6 cm³/mol. The molecule has 1 aromatic carbocycles. The van der Waals surface area contributed by atoms with Crippen LogP contribution in [0.3, 0.4) is 0 Å². The summed E-state index contributed by atoms with van der Waals surface area (Å²) >= 11 is 0. The summed E-state index contributed by atoms with van der Waals surface area (Å²) < 4.78 is 5.15. The van der Waals surface area contributed by atoms with Crippen molar-refractivity contribution in [1.82, 2.24) is 15.2 Å². The molecular formula is C10H7N3O. The maximum Gasteiger partial charge on any atom is 0.181 e. The number of fused-ring (bicyclic) bond motifs is 1. The van der Waals surface area contributed by atoms with Crippen LogP contribution in [0.15, 0.2) is 41.3 Å². The van der Waals surface area contributed by atoms with E-state index in [0.29, 0.717) is 0 Å². The first-order valence-electron chi connectivity index (χ1n) is 4.26. The summed E-state index contributed by atoms with van der Waals surface area (Å²) in [4.78, 5) is 4.09. The summed E-state index contributed by atoms with van der Waals surface area (Å²) in [5.74, 6) is 0. The number of aromatic nitrogens is 3. The van der Waals surface area contributed by atoms with Gasteiger partial charge in [0.1, 0.15) is 5.52 Å². The molecule has 0 bridgehead atoms. The molecule has 0 saturated heterocycles. The Kier molecular flexibility index (Phi) is 1.41. The van der Waals surface area contributed by atoms with E-state index in [1.165, 1.54) is 6.39 Å². The Labute approximate surface area is 79.6 Å². The van der Waals surface area contributed by atoms with Crippen LogP contribution in [0.1, 0.15) is 0 Å². The predicted octanol–water partition coefficient (Wildman–Crippen LogP) is 2.22. The molecule has 0 amide bonds. The highest BCUT2D eigenvalue weighted by molar-refractivity contribution is 5.78. The summed E-state index contributed by atoms with van der Waals surface area (Å²) in [6.07, 6.45) is 3.17. The lowest BCUT2D eigenvalue weighted by Crippen LogP contribution is -1.77. The van der Waals surface area contributed by atoms with Gasteiger partial charge >= 0.3 is 0 Å². The van der Waals surface area contributed by atoms with Crippen molar-refractivity contribution in [3.8, 4) is 11.3 Å². The van der Waals surface area contributed by atoms with Crippen molar-refractivity contribution >= 4 is 11.1 Å². The zero-order chi connectivity index (χ0) is 9.38. The largest absolute Gasteiger partial charge is 0.443 e. The van der Waals surface area contributed by atoms with Crippen LogP contribution in [0.4, 0.5) is 0 Å². The van der Waals surface area contributed by atoms with E-state index < -0.39 is 0 Å². The van der Waals surface area contributed by atoms with Crippen LogP contribution in [0, 0.1) is 0 Å². The van der Waals surface area contributed by atoms with Crippen LogP contribution in [0.5, 0.6) is 0 Å². The van der Waals surface area contributed by atoms with E-state index in [2.05, 4.69) is 15.2 Å². The van der Waals surface area contributed by atoms with Crippen LogP contribution in [-0.2, 0) is 0 Å². The first kappa shape index (κ1) is 7.32. The molecule has 0 spiro atoms. The van der Waals surface area contributed by atoms with Gasteiger partial charge in [0.25, 0.3) is 0 Å². The molecule has 4 heteroatoms. The lowest BCUT2D eigenvalue weighted by atomic mass is 10.1. The van der Waals surface area contributed by atoms with Crippen molar-refractivity contribution in [1.29, 1.82) is 0 Å². The zero-order valence-electron chi connectivity index (χ0n) is 7.27. The van der Waals surface area contributed by atoms with Gasteiger partial charge in [0, 0.05) is 11.8 Å². The van der Waals surface area contributed by atoms with Crippen molar-refractivity contribution in [3.05, 3.63) is 36.9 Å². The number of aromatic amines is 1. The van der Waals surface area contributed by atoms with Crippen LogP contribution in [0.25, 0.3) is 22.4 Å². The molecule has 4 nitrogen and oxygen atoms in total. The van der Waals surface area contributed by atoms with E-state index in [0.717, 1.165) is 22.4 Å². The molecule has 0 unspecified atom stereocenters. The van der Waals surface area contributed by atoms with Crippen LogP contribution in [-0.4, -0.2) is 15.2 Å². The van der Waals surface area contributed by atoms with Crippen molar-refractivity contribution in [2.45, 2.75) is 0 Å². The minimum atomic E-state index is 0.799. The van der Waals surface area contributed by atoms with Crippen LogP contribution in [0.2, 0.25) is 0 Å². The van der Waals surface area contributed by atoms with Gasteiger partial charge in [-0.3, -0.25) is 5.10 Å². The van der Waals surface area contributed by atoms with Gasteiger partial charge in [0.05, 0.1) is 5.69 Å². The van der Waals surface area contributed by atoms with Gasteiger partial charge in [0.15, 0.2) is 12.0 Å². The SMILES string of the molecule is c1cc(-c2ccc3ocnc3c2)[nH]n1. The lowest BCUT2D eigenvalue weighted by Gasteiger charge is -1.95. The molecule has 1 N–H and O–H groups in total. The molecule has 0 atom stereocenters. The molecule has 14 heavy (non-hydrogen) atoms. The Bertz CT molecular complexity index is 554. The number of nitrogens with one attached hydrogen (secondary N) is 1. The molecular weight excluding hydrogens is 178 g/mol. The van der Waals surface area contributed by atoms with E-state index in [-0.39, 0.29) is 0 Å². The summed E-state index contributed by atoms with van der Waals surface area (Å²) in [7, 11) is 0. The van der Waals surface area contributed by atoms with Gasteiger partial charge in [-0.2, -0.15) is 5.10 Å². The Morgan fingerprint density at radius 1 is 1.21 bits per heavy atom. The number of hydrogen-bond donors (Lipinski definition) is 1. The van der Waals surface area contributed by atoms with Crippen molar-refractivity contribution < 1.29 is 4.42 Å². The first-order valence-corrected chi connectivity index (χ1v) is 4.26. The highest BCUT2D eigenvalue weighted by Crippen LogP contribution is 2.21. The highest BCUT2D eigenvalue weighted by atomic mass is 16.3. The van der Waals surface area contributed by atoms with Crippen LogP contribution < -0.4 is 0 Å². The molecule has 0 saturated carbocycles. The van der Waals surface area contributed by atoms with Crippen molar-refractivity contribution in [3.63, 3.8) is 0 Å². The number of hydrogen-bond acceptors (Lipinski definition) is 3. The Morgan fingerprint density at radius 3 is 3.07 bits per heavy atom. The molecule has 0 aliphatic heterocycles. The van der Waals surface area contributed by atoms with Gasteiger partial charge in [-0.05, 0) is 24.3 Å². The first-order chi connectivity index (χ1) is 6.93. The molecule has 3 rings (SSSR count).